The third-order valence-corrected chi connectivity index (χ3v) is 6.83. The van der Waals surface area contributed by atoms with Gasteiger partial charge in [0.2, 0.25) is 5.91 Å². The first-order valence-electron chi connectivity index (χ1n) is 11.8. The normalized spacial score (nSPS) is 17.0. The van der Waals surface area contributed by atoms with Crippen molar-refractivity contribution < 1.29 is 9.18 Å². The third kappa shape index (κ3) is 4.35. The number of anilines is 1. The Balaban J connectivity index is 1.09. The number of halogens is 1. The fourth-order valence-corrected chi connectivity index (χ4v) is 5.04. The summed E-state index contributed by atoms with van der Waals surface area (Å²) >= 11 is 0. The lowest BCUT2D eigenvalue weighted by Crippen LogP contribution is -2.36. The second-order valence-corrected chi connectivity index (χ2v) is 8.91. The van der Waals surface area contributed by atoms with Crippen LogP contribution in [0.2, 0.25) is 0 Å². The van der Waals surface area contributed by atoms with Crippen molar-refractivity contribution in [3.05, 3.63) is 71.7 Å². The zero-order chi connectivity index (χ0) is 21.9. The van der Waals surface area contributed by atoms with E-state index < -0.39 is 0 Å². The van der Waals surface area contributed by atoms with E-state index in [4.69, 9.17) is 0 Å². The monoisotopic (exact) mass is 431 g/mol. The number of rotatable bonds is 7. The lowest BCUT2D eigenvalue weighted by Gasteiger charge is -2.29. The maximum Gasteiger partial charge on any atom is 0.227 e. The fourth-order valence-electron chi connectivity index (χ4n) is 5.04. The van der Waals surface area contributed by atoms with Gasteiger partial charge in [-0.15, -0.1) is 0 Å². The third-order valence-electron chi connectivity index (χ3n) is 6.83. The number of benzene rings is 2. The Hall–Kier alpha value is -2.92. The molecule has 1 amide bonds. The van der Waals surface area contributed by atoms with E-state index in [1.165, 1.54) is 17.2 Å². The van der Waals surface area contributed by atoms with Crippen molar-refractivity contribution in [2.75, 3.05) is 31.1 Å². The minimum Gasteiger partial charge on any atom is -0.361 e. The summed E-state index contributed by atoms with van der Waals surface area (Å²) in [5.74, 6) is 0.0701. The van der Waals surface area contributed by atoms with Gasteiger partial charge >= 0.3 is 0 Å². The van der Waals surface area contributed by atoms with Crippen LogP contribution in [0, 0.1) is 5.82 Å². The summed E-state index contributed by atoms with van der Waals surface area (Å²) in [7, 11) is 0. The lowest BCUT2D eigenvalue weighted by molar-refractivity contribution is -0.118. The summed E-state index contributed by atoms with van der Waals surface area (Å²) in [5, 5.41) is 0.971. The van der Waals surface area contributed by atoms with Crippen LogP contribution < -0.4 is 4.90 Å². The highest BCUT2D eigenvalue weighted by Crippen LogP contribution is 2.30. The number of aryl methyl sites for hydroxylation is 1. The van der Waals surface area contributed by atoms with Crippen molar-refractivity contribution in [3.63, 3.8) is 0 Å². The van der Waals surface area contributed by atoms with Gasteiger partial charge in [0.1, 0.15) is 5.82 Å². The molecular formula is C27H30FN3O. The summed E-state index contributed by atoms with van der Waals surface area (Å²) in [6.07, 6.45) is 10.1. The molecule has 0 radical (unpaired) electrons. The number of hydrogen-bond acceptors (Lipinski definition) is 2. The Kier molecular flexibility index (Phi) is 6.08. The number of nitrogens with zero attached hydrogens (tertiary/aromatic N) is 2. The molecule has 0 saturated carbocycles. The summed E-state index contributed by atoms with van der Waals surface area (Å²) in [6.45, 7) is 3.87. The van der Waals surface area contributed by atoms with Gasteiger partial charge in [-0.2, -0.15) is 0 Å². The predicted octanol–water partition coefficient (Wildman–Crippen LogP) is 5.55. The molecule has 4 nitrogen and oxygen atoms in total. The first kappa shape index (κ1) is 21.0. The SMILES string of the molecule is O=C1CCc2ccccc2N1CCCCCN1CC=C(c2c[nH]c3ccc(F)cc23)CC1. The number of carbonyl (C=O) groups excluding carboxylic acids is 1. The largest absolute Gasteiger partial charge is 0.361 e. The van der Waals surface area contributed by atoms with Gasteiger partial charge in [-0.1, -0.05) is 30.7 Å². The molecule has 2 aliphatic rings. The Bertz CT molecular complexity index is 1150. The van der Waals surface area contributed by atoms with Gasteiger partial charge in [0, 0.05) is 54.4 Å². The average molecular weight is 432 g/mol. The molecule has 0 aliphatic carbocycles. The maximum atomic E-state index is 13.7. The summed E-state index contributed by atoms with van der Waals surface area (Å²) < 4.78 is 13.7. The molecule has 0 saturated heterocycles. The molecule has 32 heavy (non-hydrogen) atoms. The molecule has 0 bridgehead atoms. The van der Waals surface area contributed by atoms with E-state index in [2.05, 4.69) is 34.2 Å². The van der Waals surface area contributed by atoms with Crippen molar-refractivity contribution >= 4 is 28.1 Å². The van der Waals surface area contributed by atoms with Gasteiger partial charge in [0.15, 0.2) is 0 Å². The fraction of sp³-hybridized carbons (Fsp3) is 0.370. The second kappa shape index (κ2) is 9.29. The van der Waals surface area contributed by atoms with Gasteiger partial charge < -0.3 is 9.88 Å². The Morgan fingerprint density at radius 3 is 2.72 bits per heavy atom. The number of carbonyl (C=O) groups is 1. The van der Waals surface area contributed by atoms with Crippen LogP contribution in [-0.2, 0) is 11.2 Å². The van der Waals surface area contributed by atoms with Crippen LogP contribution in [-0.4, -0.2) is 42.0 Å². The zero-order valence-electron chi connectivity index (χ0n) is 18.4. The maximum absolute atomic E-state index is 13.7. The molecule has 1 N–H and O–H groups in total. The van der Waals surface area contributed by atoms with Crippen LogP contribution in [0.1, 0.15) is 43.2 Å². The smallest absolute Gasteiger partial charge is 0.227 e. The Morgan fingerprint density at radius 2 is 1.84 bits per heavy atom. The molecule has 0 spiro atoms. The summed E-state index contributed by atoms with van der Waals surface area (Å²) in [4.78, 5) is 20.1. The molecule has 2 aliphatic heterocycles. The molecule has 0 unspecified atom stereocenters. The molecule has 5 rings (SSSR count). The van der Waals surface area contributed by atoms with Gasteiger partial charge in [-0.05, 0) is 67.6 Å². The van der Waals surface area contributed by atoms with Gasteiger partial charge in [-0.3, -0.25) is 9.69 Å². The highest BCUT2D eigenvalue weighted by Gasteiger charge is 2.23. The summed E-state index contributed by atoms with van der Waals surface area (Å²) in [5.41, 5.74) is 5.82. The van der Waals surface area contributed by atoms with Gasteiger partial charge in [0.05, 0.1) is 0 Å². The molecule has 3 aromatic rings. The molecule has 5 heteroatoms. The quantitative estimate of drug-likeness (QED) is 0.499. The number of H-pyrrole nitrogens is 1. The van der Waals surface area contributed by atoms with E-state index in [1.807, 2.05) is 17.2 Å². The zero-order valence-corrected chi connectivity index (χ0v) is 18.4. The standard InChI is InChI=1S/C27H30FN3O/c28-22-9-10-25-23(18-22)24(19-29-25)20-12-16-30(17-13-20)14-4-1-5-15-31-26-7-3-2-6-21(26)8-11-27(31)32/h2-3,6-7,9-10,12,18-19,29H,1,4-5,8,11,13-17H2. The Morgan fingerprint density at radius 1 is 0.969 bits per heavy atom. The highest BCUT2D eigenvalue weighted by molar-refractivity contribution is 5.96. The number of para-hydroxylation sites is 1. The first-order chi connectivity index (χ1) is 15.7. The number of unbranched alkanes of at least 4 members (excludes halogenated alkanes) is 2. The topological polar surface area (TPSA) is 39.3 Å². The van der Waals surface area contributed by atoms with E-state index >= 15 is 0 Å². The minimum atomic E-state index is -0.189. The second-order valence-electron chi connectivity index (χ2n) is 8.91. The highest BCUT2D eigenvalue weighted by atomic mass is 19.1. The molecule has 3 heterocycles. The van der Waals surface area contributed by atoms with E-state index in [0.717, 1.165) is 80.4 Å². The molecule has 0 atom stereocenters. The number of aromatic amines is 1. The van der Waals surface area contributed by atoms with Gasteiger partial charge in [-0.25, -0.2) is 4.39 Å². The number of aromatic nitrogens is 1. The van der Waals surface area contributed by atoms with Crippen LogP contribution in [0.25, 0.3) is 16.5 Å². The average Bonchev–Trinajstić information content (AvgIpc) is 3.23. The molecule has 166 valence electrons. The predicted molar refractivity (Wildman–Crippen MR) is 128 cm³/mol. The Labute approximate surface area is 188 Å². The van der Waals surface area contributed by atoms with Crippen molar-refractivity contribution in [3.8, 4) is 0 Å². The summed E-state index contributed by atoms with van der Waals surface area (Å²) in [6, 6.07) is 13.2. The molecule has 0 fully saturated rings. The van der Waals surface area contributed by atoms with E-state index in [-0.39, 0.29) is 11.7 Å². The van der Waals surface area contributed by atoms with E-state index in [9.17, 15) is 9.18 Å². The van der Waals surface area contributed by atoms with Crippen molar-refractivity contribution in [2.45, 2.75) is 38.5 Å². The van der Waals surface area contributed by atoms with E-state index in [0.29, 0.717) is 6.42 Å². The minimum absolute atomic E-state index is 0.189. The van der Waals surface area contributed by atoms with Gasteiger partial charge in [0.25, 0.3) is 0 Å². The van der Waals surface area contributed by atoms with Crippen LogP contribution >= 0.6 is 0 Å². The number of nitrogens with one attached hydrogen (secondary N) is 1. The number of hydrogen-bond donors (Lipinski definition) is 1. The van der Waals surface area contributed by atoms with Crippen molar-refractivity contribution in [1.82, 2.24) is 9.88 Å². The molecule has 2 aromatic carbocycles. The van der Waals surface area contributed by atoms with E-state index in [1.54, 1.807) is 12.1 Å². The van der Waals surface area contributed by atoms with Crippen LogP contribution in [0.15, 0.2) is 54.7 Å². The van der Waals surface area contributed by atoms with Crippen LogP contribution in [0.4, 0.5) is 10.1 Å². The van der Waals surface area contributed by atoms with Crippen LogP contribution in [0.3, 0.4) is 0 Å². The number of fused-ring (bicyclic) bond motifs is 2. The van der Waals surface area contributed by atoms with Crippen LogP contribution in [0.5, 0.6) is 0 Å². The molecule has 1 aromatic heterocycles. The number of amides is 1. The lowest BCUT2D eigenvalue weighted by atomic mass is 9.98. The van der Waals surface area contributed by atoms with Crippen molar-refractivity contribution in [2.24, 2.45) is 0 Å². The first-order valence-corrected chi connectivity index (χ1v) is 11.8. The molecular weight excluding hydrogens is 401 g/mol. The van der Waals surface area contributed by atoms with Crippen molar-refractivity contribution in [1.29, 1.82) is 0 Å².